The van der Waals surface area contributed by atoms with E-state index in [0.717, 1.165) is 35.1 Å². The van der Waals surface area contributed by atoms with Gasteiger partial charge in [0.1, 0.15) is 11.6 Å². The van der Waals surface area contributed by atoms with Crippen LogP contribution in [0.4, 0.5) is 0 Å². The minimum Gasteiger partial charge on any atom is -0.328 e. The van der Waals surface area contributed by atoms with E-state index in [1.807, 2.05) is 44.1 Å². The first-order chi connectivity index (χ1) is 8.40. The summed E-state index contributed by atoms with van der Waals surface area (Å²) in [7, 11) is 1.92. The van der Waals surface area contributed by atoms with Gasteiger partial charge in [-0.1, -0.05) is 0 Å². The molecule has 6 heteroatoms. The molecule has 0 amide bonds. The Morgan fingerprint density at radius 3 is 2.39 bits per heavy atom. The van der Waals surface area contributed by atoms with Crippen molar-refractivity contribution in [1.82, 2.24) is 24.5 Å². The number of nitrogens with zero attached hydrogens (tertiary/aromatic N) is 5. The molecular formula is C12H20N6. The van der Waals surface area contributed by atoms with E-state index in [1.54, 1.807) is 0 Å². The van der Waals surface area contributed by atoms with Crippen molar-refractivity contribution < 1.29 is 0 Å². The van der Waals surface area contributed by atoms with Crippen molar-refractivity contribution in [3.05, 3.63) is 22.9 Å². The highest BCUT2D eigenvalue weighted by molar-refractivity contribution is 5.38. The standard InChI is InChI=1S/C12H20N6/c1-7(13)6-11-8(2)15-17(5)12(11)18-10(4)14-9(3)16-18/h7H,6,13H2,1-5H3. The topological polar surface area (TPSA) is 74.6 Å². The van der Waals surface area contributed by atoms with E-state index >= 15 is 0 Å². The maximum Gasteiger partial charge on any atom is 0.157 e. The summed E-state index contributed by atoms with van der Waals surface area (Å²) in [6, 6.07) is 0.0941. The maximum absolute atomic E-state index is 5.91. The summed E-state index contributed by atoms with van der Waals surface area (Å²) < 4.78 is 3.68. The lowest BCUT2D eigenvalue weighted by molar-refractivity contribution is 0.670. The van der Waals surface area contributed by atoms with E-state index in [0.29, 0.717) is 0 Å². The van der Waals surface area contributed by atoms with Crippen LogP contribution in [0.2, 0.25) is 0 Å². The number of hydrogen-bond acceptors (Lipinski definition) is 4. The molecule has 2 aromatic heterocycles. The molecule has 1 atom stereocenters. The van der Waals surface area contributed by atoms with Crippen molar-refractivity contribution in [2.75, 3.05) is 0 Å². The molecule has 2 N–H and O–H groups in total. The van der Waals surface area contributed by atoms with E-state index in [-0.39, 0.29) is 6.04 Å². The second-order valence-corrected chi connectivity index (χ2v) is 4.81. The van der Waals surface area contributed by atoms with Gasteiger partial charge in [-0.05, 0) is 34.1 Å². The van der Waals surface area contributed by atoms with Crippen LogP contribution in [0.15, 0.2) is 0 Å². The van der Waals surface area contributed by atoms with Gasteiger partial charge in [-0.3, -0.25) is 4.68 Å². The Morgan fingerprint density at radius 1 is 1.22 bits per heavy atom. The predicted molar refractivity (Wildman–Crippen MR) is 69.7 cm³/mol. The fourth-order valence-electron chi connectivity index (χ4n) is 2.24. The maximum atomic E-state index is 5.91. The van der Waals surface area contributed by atoms with E-state index < -0.39 is 0 Å². The van der Waals surface area contributed by atoms with E-state index in [2.05, 4.69) is 15.2 Å². The van der Waals surface area contributed by atoms with Gasteiger partial charge in [-0.15, -0.1) is 5.10 Å². The third kappa shape index (κ3) is 2.15. The van der Waals surface area contributed by atoms with Gasteiger partial charge in [-0.25, -0.2) is 4.98 Å². The van der Waals surface area contributed by atoms with E-state index in [1.165, 1.54) is 0 Å². The smallest absolute Gasteiger partial charge is 0.157 e. The monoisotopic (exact) mass is 248 g/mol. The first kappa shape index (κ1) is 12.8. The summed E-state index contributed by atoms with van der Waals surface area (Å²) in [6.07, 6.45) is 0.785. The van der Waals surface area contributed by atoms with Gasteiger partial charge in [0.2, 0.25) is 0 Å². The summed E-state index contributed by atoms with van der Waals surface area (Å²) in [5, 5.41) is 8.89. The third-order valence-corrected chi connectivity index (χ3v) is 2.91. The Morgan fingerprint density at radius 2 is 1.89 bits per heavy atom. The van der Waals surface area contributed by atoms with Crippen LogP contribution in [0, 0.1) is 20.8 Å². The molecule has 2 heterocycles. The van der Waals surface area contributed by atoms with Crippen LogP contribution < -0.4 is 5.73 Å². The molecule has 2 aromatic rings. The molecular weight excluding hydrogens is 228 g/mol. The van der Waals surface area contributed by atoms with Crippen LogP contribution in [-0.2, 0) is 13.5 Å². The van der Waals surface area contributed by atoms with Crippen molar-refractivity contribution in [3.8, 4) is 5.82 Å². The van der Waals surface area contributed by atoms with E-state index in [9.17, 15) is 0 Å². The number of nitrogens with two attached hydrogens (primary N) is 1. The van der Waals surface area contributed by atoms with Crippen molar-refractivity contribution in [1.29, 1.82) is 0 Å². The molecule has 0 saturated carbocycles. The van der Waals surface area contributed by atoms with Crippen molar-refractivity contribution in [2.24, 2.45) is 12.8 Å². The predicted octanol–water partition coefficient (Wildman–Crippen LogP) is 0.816. The highest BCUT2D eigenvalue weighted by Crippen LogP contribution is 2.19. The number of aromatic nitrogens is 5. The minimum absolute atomic E-state index is 0.0941. The minimum atomic E-state index is 0.0941. The second-order valence-electron chi connectivity index (χ2n) is 4.81. The Hall–Kier alpha value is -1.69. The lowest BCUT2D eigenvalue weighted by Gasteiger charge is -2.09. The summed E-state index contributed by atoms with van der Waals surface area (Å²) in [5.74, 6) is 2.59. The Kier molecular flexibility index (Phi) is 3.21. The molecule has 0 aromatic carbocycles. The van der Waals surface area contributed by atoms with Crippen LogP contribution >= 0.6 is 0 Å². The zero-order chi connectivity index (χ0) is 13.4. The van der Waals surface area contributed by atoms with Crippen molar-refractivity contribution in [2.45, 2.75) is 40.2 Å². The first-order valence-electron chi connectivity index (χ1n) is 6.08. The molecule has 0 bridgehead atoms. The fraction of sp³-hybridized carbons (Fsp3) is 0.583. The molecule has 98 valence electrons. The average molecular weight is 248 g/mol. The molecule has 0 fully saturated rings. The molecule has 6 nitrogen and oxygen atoms in total. The second kappa shape index (κ2) is 4.53. The Bertz CT molecular complexity index is 563. The number of rotatable bonds is 3. The first-order valence-corrected chi connectivity index (χ1v) is 6.08. The van der Waals surface area contributed by atoms with Crippen LogP contribution in [0.3, 0.4) is 0 Å². The highest BCUT2D eigenvalue weighted by atomic mass is 15.4. The molecule has 0 aliphatic heterocycles. The summed E-state index contributed by atoms with van der Waals surface area (Å²) in [5.41, 5.74) is 8.05. The molecule has 0 aliphatic carbocycles. The van der Waals surface area contributed by atoms with Crippen molar-refractivity contribution in [3.63, 3.8) is 0 Å². The number of aryl methyl sites for hydroxylation is 4. The quantitative estimate of drug-likeness (QED) is 0.872. The van der Waals surface area contributed by atoms with Gasteiger partial charge in [-0.2, -0.15) is 9.78 Å². The van der Waals surface area contributed by atoms with Crippen molar-refractivity contribution >= 4 is 0 Å². The molecule has 1 unspecified atom stereocenters. The van der Waals surface area contributed by atoms with Gasteiger partial charge >= 0.3 is 0 Å². The van der Waals surface area contributed by atoms with Gasteiger partial charge in [0.15, 0.2) is 5.82 Å². The molecule has 18 heavy (non-hydrogen) atoms. The summed E-state index contributed by atoms with van der Waals surface area (Å²) in [4.78, 5) is 4.34. The van der Waals surface area contributed by atoms with Gasteiger partial charge in [0.25, 0.3) is 0 Å². The van der Waals surface area contributed by atoms with Crippen LogP contribution in [0.1, 0.15) is 29.8 Å². The Balaban J connectivity index is 2.59. The van der Waals surface area contributed by atoms with Crippen LogP contribution in [0.25, 0.3) is 5.82 Å². The lowest BCUT2D eigenvalue weighted by Crippen LogP contribution is -2.20. The SMILES string of the molecule is Cc1nc(C)n(-c2c(CC(C)N)c(C)nn2C)n1. The summed E-state index contributed by atoms with van der Waals surface area (Å²) >= 11 is 0. The largest absolute Gasteiger partial charge is 0.328 e. The Labute approximate surface area is 107 Å². The zero-order valence-electron chi connectivity index (χ0n) is 11.6. The third-order valence-electron chi connectivity index (χ3n) is 2.91. The molecule has 0 radical (unpaired) electrons. The zero-order valence-corrected chi connectivity index (χ0v) is 11.6. The molecule has 0 saturated heterocycles. The van der Waals surface area contributed by atoms with Gasteiger partial charge < -0.3 is 5.73 Å². The highest BCUT2D eigenvalue weighted by Gasteiger charge is 2.18. The van der Waals surface area contributed by atoms with Gasteiger partial charge in [0, 0.05) is 18.7 Å². The average Bonchev–Trinajstić information content (AvgIpc) is 2.68. The van der Waals surface area contributed by atoms with E-state index in [4.69, 9.17) is 5.73 Å². The van der Waals surface area contributed by atoms with Gasteiger partial charge in [0.05, 0.1) is 5.69 Å². The van der Waals surface area contributed by atoms with Crippen LogP contribution in [0.5, 0.6) is 0 Å². The fourth-order valence-corrected chi connectivity index (χ4v) is 2.24. The molecule has 0 spiro atoms. The summed E-state index contributed by atoms with van der Waals surface area (Å²) in [6.45, 7) is 7.83. The van der Waals surface area contributed by atoms with Crippen LogP contribution in [-0.4, -0.2) is 30.6 Å². The lowest BCUT2D eigenvalue weighted by atomic mass is 10.1. The molecule has 0 aliphatic rings. The number of hydrogen-bond donors (Lipinski definition) is 1. The normalized spacial score (nSPS) is 13.0. The molecule has 2 rings (SSSR count).